The third kappa shape index (κ3) is 1.48. The molecule has 0 saturated carbocycles. The average molecular weight is 206 g/mol. The van der Waals surface area contributed by atoms with Crippen molar-refractivity contribution >= 4 is 5.97 Å². The first kappa shape index (κ1) is 10.0. The second-order valence-electron chi connectivity index (χ2n) is 4.13. The summed E-state index contributed by atoms with van der Waals surface area (Å²) in [6, 6.07) is 1.90. The number of aryl methyl sites for hydroxylation is 2. The summed E-state index contributed by atoms with van der Waals surface area (Å²) in [5.41, 5.74) is 3.04. The largest absolute Gasteiger partial charge is 0.507 e. The lowest BCUT2D eigenvalue weighted by atomic mass is 9.92. The molecule has 80 valence electrons. The Morgan fingerprint density at radius 2 is 2.07 bits per heavy atom. The molecule has 3 nitrogen and oxygen atoms in total. The van der Waals surface area contributed by atoms with Gasteiger partial charge < -0.3 is 9.84 Å². The molecule has 0 unspecified atom stereocenters. The zero-order chi connectivity index (χ0) is 11.2. The maximum absolute atomic E-state index is 11.6. The van der Waals surface area contributed by atoms with Gasteiger partial charge in [0.05, 0.1) is 0 Å². The molecular formula is C12H14O3. The summed E-state index contributed by atoms with van der Waals surface area (Å²) < 4.78 is 5.10. The summed E-state index contributed by atoms with van der Waals surface area (Å²) in [6.45, 7) is 5.60. The first-order valence-corrected chi connectivity index (χ1v) is 5.03. The SMILES string of the molecule is Cc1cc(C)c2c(c1O)C(=O)O[C@H](C)C2. The fraction of sp³-hybridized carbons (Fsp3) is 0.417. The number of rotatable bonds is 0. The summed E-state index contributed by atoms with van der Waals surface area (Å²) in [5, 5.41) is 9.82. The number of aromatic hydroxyl groups is 1. The predicted molar refractivity (Wildman–Crippen MR) is 56.2 cm³/mol. The molecule has 0 spiro atoms. The molecule has 0 fully saturated rings. The number of benzene rings is 1. The van der Waals surface area contributed by atoms with Crippen LogP contribution in [0.3, 0.4) is 0 Å². The minimum absolute atomic E-state index is 0.0625. The standard InChI is InChI=1S/C12H14O3/c1-6-4-7(2)11(13)10-9(6)5-8(3)15-12(10)14/h4,8,13H,5H2,1-3H3/t8-/m1/s1. The van der Waals surface area contributed by atoms with Crippen LogP contribution in [-0.2, 0) is 11.2 Å². The molecule has 0 aliphatic carbocycles. The maximum Gasteiger partial charge on any atom is 0.342 e. The van der Waals surface area contributed by atoms with Gasteiger partial charge in [0.1, 0.15) is 17.4 Å². The van der Waals surface area contributed by atoms with Crippen LogP contribution in [0.15, 0.2) is 6.07 Å². The molecule has 1 aromatic rings. The monoisotopic (exact) mass is 206 g/mol. The maximum atomic E-state index is 11.6. The van der Waals surface area contributed by atoms with Gasteiger partial charge in [0.2, 0.25) is 0 Å². The van der Waals surface area contributed by atoms with Crippen molar-refractivity contribution in [3.05, 3.63) is 28.3 Å². The molecule has 1 atom stereocenters. The average Bonchev–Trinajstić information content (AvgIpc) is 2.13. The minimum Gasteiger partial charge on any atom is -0.507 e. The summed E-state index contributed by atoms with van der Waals surface area (Å²) in [5.74, 6) is -0.347. The Hall–Kier alpha value is -1.51. The molecule has 2 rings (SSSR count). The summed E-state index contributed by atoms with van der Waals surface area (Å²) in [6.07, 6.45) is 0.576. The highest BCUT2D eigenvalue weighted by molar-refractivity contribution is 5.96. The van der Waals surface area contributed by atoms with Gasteiger partial charge in [0.15, 0.2) is 0 Å². The van der Waals surface area contributed by atoms with Crippen molar-refractivity contribution in [3.8, 4) is 5.75 Å². The lowest BCUT2D eigenvalue weighted by Gasteiger charge is -2.24. The van der Waals surface area contributed by atoms with Gasteiger partial charge in [-0.25, -0.2) is 4.79 Å². The Morgan fingerprint density at radius 1 is 1.40 bits per heavy atom. The van der Waals surface area contributed by atoms with Crippen LogP contribution in [0.4, 0.5) is 0 Å². The van der Waals surface area contributed by atoms with E-state index in [0.717, 1.165) is 16.7 Å². The number of phenols is 1. The number of hydrogen-bond acceptors (Lipinski definition) is 3. The fourth-order valence-corrected chi connectivity index (χ4v) is 2.07. The molecule has 1 heterocycles. The number of esters is 1. The van der Waals surface area contributed by atoms with E-state index in [1.807, 2.05) is 19.9 Å². The van der Waals surface area contributed by atoms with Crippen molar-refractivity contribution in [1.29, 1.82) is 0 Å². The smallest absolute Gasteiger partial charge is 0.342 e. The van der Waals surface area contributed by atoms with Crippen molar-refractivity contribution < 1.29 is 14.6 Å². The van der Waals surface area contributed by atoms with Crippen molar-refractivity contribution in [2.45, 2.75) is 33.3 Å². The Morgan fingerprint density at radius 3 is 2.73 bits per heavy atom. The van der Waals surface area contributed by atoms with Crippen LogP contribution >= 0.6 is 0 Å². The van der Waals surface area contributed by atoms with E-state index in [0.29, 0.717) is 12.0 Å². The van der Waals surface area contributed by atoms with Gasteiger partial charge in [0, 0.05) is 6.42 Å². The Kier molecular flexibility index (Phi) is 2.18. The molecule has 1 aliphatic rings. The first-order chi connectivity index (χ1) is 7.00. The van der Waals surface area contributed by atoms with Gasteiger partial charge in [-0.15, -0.1) is 0 Å². The summed E-state index contributed by atoms with van der Waals surface area (Å²) in [4.78, 5) is 11.6. The van der Waals surface area contributed by atoms with E-state index < -0.39 is 5.97 Å². The van der Waals surface area contributed by atoms with Gasteiger partial charge in [-0.2, -0.15) is 0 Å². The van der Waals surface area contributed by atoms with Crippen LogP contribution in [0.2, 0.25) is 0 Å². The second kappa shape index (κ2) is 3.26. The zero-order valence-corrected chi connectivity index (χ0v) is 9.13. The van der Waals surface area contributed by atoms with Crippen molar-refractivity contribution in [3.63, 3.8) is 0 Å². The number of carbonyl (C=O) groups excluding carboxylic acids is 1. The van der Waals surface area contributed by atoms with E-state index in [1.54, 1.807) is 6.92 Å². The van der Waals surface area contributed by atoms with Gasteiger partial charge in [-0.05, 0) is 37.5 Å². The quantitative estimate of drug-likeness (QED) is 0.661. The fourth-order valence-electron chi connectivity index (χ4n) is 2.07. The highest BCUT2D eigenvalue weighted by Crippen LogP contribution is 2.33. The molecule has 0 aromatic heterocycles. The summed E-state index contributed by atoms with van der Waals surface area (Å²) >= 11 is 0. The summed E-state index contributed by atoms with van der Waals surface area (Å²) in [7, 11) is 0. The predicted octanol–water partition coefficient (Wildman–Crippen LogP) is 2.11. The normalized spacial score (nSPS) is 19.7. The topological polar surface area (TPSA) is 46.5 Å². The molecule has 0 amide bonds. The van der Waals surface area contributed by atoms with E-state index in [9.17, 15) is 9.90 Å². The van der Waals surface area contributed by atoms with E-state index in [1.165, 1.54) is 0 Å². The van der Waals surface area contributed by atoms with Crippen LogP contribution in [-0.4, -0.2) is 17.2 Å². The number of carbonyl (C=O) groups is 1. The van der Waals surface area contributed by atoms with Gasteiger partial charge >= 0.3 is 5.97 Å². The van der Waals surface area contributed by atoms with Crippen LogP contribution in [0.1, 0.15) is 34.0 Å². The third-order valence-electron chi connectivity index (χ3n) is 2.83. The molecular weight excluding hydrogens is 192 g/mol. The van der Waals surface area contributed by atoms with Crippen LogP contribution in [0.5, 0.6) is 5.75 Å². The molecule has 15 heavy (non-hydrogen) atoms. The zero-order valence-electron chi connectivity index (χ0n) is 9.13. The number of cyclic esters (lactones) is 1. The molecule has 0 saturated heterocycles. The highest BCUT2D eigenvalue weighted by atomic mass is 16.5. The number of hydrogen-bond donors (Lipinski definition) is 1. The Labute approximate surface area is 88.7 Å². The van der Waals surface area contributed by atoms with Crippen molar-refractivity contribution in [2.24, 2.45) is 0 Å². The van der Waals surface area contributed by atoms with Gasteiger partial charge in [-0.1, -0.05) is 6.07 Å². The number of fused-ring (bicyclic) bond motifs is 1. The molecule has 0 bridgehead atoms. The van der Waals surface area contributed by atoms with E-state index >= 15 is 0 Å². The molecule has 0 radical (unpaired) electrons. The Bertz CT molecular complexity index is 435. The number of ether oxygens (including phenoxy) is 1. The van der Waals surface area contributed by atoms with Crippen molar-refractivity contribution in [1.82, 2.24) is 0 Å². The Balaban J connectivity index is 2.69. The van der Waals surface area contributed by atoms with Crippen LogP contribution in [0, 0.1) is 13.8 Å². The van der Waals surface area contributed by atoms with Gasteiger partial charge in [0.25, 0.3) is 0 Å². The highest BCUT2D eigenvalue weighted by Gasteiger charge is 2.28. The third-order valence-corrected chi connectivity index (χ3v) is 2.83. The minimum atomic E-state index is -0.409. The lowest BCUT2D eigenvalue weighted by Crippen LogP contribution is -2.26. The van der Waals surface area contributed by atoms with E-state index in [4.69, 9.17) is 4.74 Å². The first-order valence-electron chi connectivity index (χ1n) is 5.03. The molecule has 1 N–H and O–H groups in total. The van der Waals surface area contributed by atoms with Crippen LogP contribution < -0.4 is 0 Å². The van der Waals surface area contributed by atoms with E-state index in [-0.39, 0.29) is 11.9 Å². The van der Waals surface area contributed by atoms with E-state index in [2.05, 4.69) is 0 Å². The second-order valence-corrected chi connectivity index (χ2v) is 4.13. The molecule has 1 aliphatic heterocycles. The van der Waals surface area contributed by atoms with Gasteiger partial charge in [-0.3, -0.25) is 0 Å². The lowest BCUT2D eigenvalue weighted by molar-refractivity contribution is 0.0296. The number of phenolic OH excluding ortho intramolecular Hbond substituents is 1. The molecule has 3 heteroatoms. The van der Waals surface area contributed by atoms with Crippen LogP contribution in [0.25, 0.3) is 0 Å². The van der Waals surface area contributed by atoms with Crippen molar-refractivity contribution in [2.75, 3.05) is 0 Å². The molecule has 1 aromatic carbocycles.